The molecule has 1 fully saturated rings. The minimum atomic E-state index is -5.05. The maximum absolute atomic E-state index is 13.3. The normalized spacial score (nSPS) is 15.9. The van der Waals surface area contributed by atoms with Gasteiger partial charge in [-0.1, -0.05) is 13.0 Å². The third kappa shape index (κ3) is 7.27. The lowest BCUT2D eigenvalue weighted by atomic mass is 10.0. The number of hydrogen-bond donors (Lipinski definition) is 1. The fraction of sp³-hybridized carbons (Fsp3) is 0.391. The maximum atomic E-state index is 13.3. The smallest absolute Gasteiger partial charge is 0.390 e. The van der Waals surface area contributed by atoms with Gasteiger partial charge >= 0.3 is 12.4 Å². The first-order chi connectivity index (χ1) is 16.4. The summed E-state index contributed by atoms with van der Waals surface area (Å²) in [6, 6.07) is 5.90. The molecule has 188 valence electrons. The van der Waals surface area contributed by atoms with E-state index in [1.54, 1.807) is 25.1 Å². The molecule has 3 rings (SSSR count). The van der Waals surface area contributed by atoms with Crippen molar-refractivity contribution in [2.75, 3.05) is 13.1 Å². The number of nitrogens with zero attached hydrogens (tertiary/aromatic N) is 4. The summed E-state index contributed by atoms with van der Waals surface area (Å²) < 4.78 is 79.7. The van der Waals surface area contributed by atoms with Crippen molar-refractivity contribution in [1.82, 2.24) is 9.88 Å². The molecular formula is C23H23F6N5O. The van der Waals surface area contributed by atoms with Gasteiger partial charge in [0.25, 0.3) is 5.91 Å². The molecule has 6 nitrogen and oxygen atoms in total. The summed E-state index contributed by atoms with van der Waals surface area (Å²) in [7, 11) is 0. The largest absolute Gasteiger partial charge is 0.416 e. The number of carbonyl (C=O) groups is 1. The average Bonchev–Trinajstić information content (AvgIpc) is 3.61. The van der Waals surface area contributed by atoms with E-state index in [1.165, 1.54) is 11.1 Å². The third-order valence-corrected chi connectivity index (χ3v) is 5.32. The molecule has 1 amide bonds. The predicted octanol–water partition coefficient (Wildman–Crippen LogP) is 5.32. The molecule has 1 aliphatic rings. The molecule has 35 heavy (non-hydrogen) atoms. The van der Waals surface area contributed by atoms with Crippen molar-refractivity contribution in [1.29, 1.82) is 0 Å². The summed E-state index contributed by atoms with van der Waals surface area (Å²) in [4.78, 5) is 26.9. The van der Waals surface area contributed by atoms with Gasteiger partial charge in [0.2, 0.25) is 0 Å². The van der Waals surface area contributed by atoms with Gasteiger partial charge in [-0.15, -0.1) is 0 Å². The van der Waals surface area contributed by atoms with Crippen LogP contribution in [0.1, 0.15) is 41.3 Å². The number of alkyl halides is 6. The lowest BCUT2D eigenvalue weighted by Gasteiger charge is -2.26. The van der Waals surface area contributed by atoms with E-state index in [0.717, 1.165) is 19.2 Å². The molecule has 1 unspecified atom stereocenters. The Hall–Kier alpha value is -3.44. The zero-order valence-electron chi connectivity index (χ0n) is 18.6. The number of rotatable bonds is 7. The molecule has 1 aliphatic carbocycles. The van der Waals surface area contributed by atoms with Crippen LogP contribution in [-0.2, 0) is 12.4 Å². The van der Waals surface area contributed by atoms with Gasteiger partial charge in [0, 0.05) is 30.8 Å². The second kappa shape index (κ2) is 10.4. The van der Waals surface area contributed by atoms with E-state index in [-0.39, 0.29) is 30.9 Å². The molecule has 2 aromatic rings. The fourth-order valence-corrected chi connectivity index (χ4v) is 3.41. The molecule has 1 aromatic heterocycles. The first-order valence-corrected chi connectivity index (χ1v) is 10.7. The second-order valence-corrected chi connectivity index (χ2v) is 8.29. The van der Waals surface area contributed by atoms with Gasteiger partial charge in [0.15, 0.2) is 5.82 Å². The van der Waals surface area contributed by atoms with E-state index in [4.69, 9.17) is 5.73 Å². The number of carbonyl (C=O) groups excluding carboxylic acids is 1. The SMILES string of the molecule is CC(CN(CC1CC1)C(=O)c1cc(C(F)(F)F)cc(C(F)(F)F)c1)C(N=CN)=Nc1ccccn1. The van der Waals surface area contributed by atoms with Crippen molar-refractivity contribution in [2.45, 2.75) is 32.1 Å². The molecule has 0 bridgehead atoms. The highest BCUT2D eigenvalue weighted by Crippen LogP contribution is 2.37. The van der Waals surface area contributed by atoms with Crippen LogP contribution >= 0.6 is 0 Å². The molecular weight excluding hydrogens is 476 g/mol. The van der Waals surface area contributed by atoms with Crippen LogP contribution in [0.3, 0.4) is 0 Å². The molecule has 12 heteroatoms. The Morgan fingerprint density at radius 3 is 2.26 bits per heavy atom. The molecule has 1 heterocycles. The number of nitrogens with two attached hydrogens (primary N) is 1. The van der Waals surface area contributed by atoms with Crippen LogP contribution in [0, 0.1) is 11.8 Å². The lowest BCUT2D eigenvalue weighted by molar-refractivity contribution is -0.143. The van der Waals surface area contributed by atoms with Crippen LogP contribution in [0.2, 0.25) is 0 Å². The number of amidine groups is 1. The minimum absolute atomic E-state index is 0.00176. The second-order valence-electron chi connectivity index (χ2n) is 8.29. The first kappa shape index (κ1) is 26.2. The summed E-state index contributed by atoms with van der Waals surface area (Å²) in [5.41, 5.74) is 1.65. The van der Waals surface area contributed by atoms with Crippen LogP contribution in [0.25, 0.3) is 0 Å². The maximum Gasteiger partial charge on any atom is 0.416 e. The van der Waals surface area contributed by atoms with E-state index in [9.17, 15) is 31.1 Å². The number of halogens is 6. The van der Waals surface area contributed by atoms with Crippen LogP contribution in [0.15, 0.2) is 52.6 Å². The highest BCUT2D eigenvalue weighted by Gasteiger charge is 2.38. The van der Waals surface area contributed by atoms with Crippen LogP contribution in [0.4, 0.5) is 32.2 Å². The topological polar surface area (TPSA) is 83.9 Å². The Morgan fingerprint density at radius 2 is 1.77 bits per heavy atom. The van der Waals surface area contributed by atoms with Crippen molar-refractivity contribution in [3.63, 3.8) is 0 Å². The van der Waals surface area contributed by atoms with E-state index >= 15 is 0 Å². The van der Waals surface area contributed by atoms with Gasteiger partial charge in [-0.25, -0.2) is 15.0 Å². The standard InChI is InChI=1S/C23H23F6N5O/c1-14(20(32-13-30)33-19-4-2-3-7-31-19)11-34(12-15-5-6-15)21(35)16-8-17(22(24,25)26)10-18(9-16)23(27,28)29/h2-4,7-10,13-15H,5-6,11-12H2,1H3,(H2,30,31,32,33). The summed E-state index contributed by atoms with van der Waals surface area (Å²) in [5.74, 6) is -0.831. The number of benzene rings is 1. The van der Waals surface area contributed by atoms with Crippen LogP contribution < -0.4 is 5.73 Å². The van der Waals surface area contributed by atoms with Crippen molar-refractivity contribution < 1.29 is 31.1 Å². The minimum Gasteiger partial charge on any atom is -0.390 e. The zero-order chi connectivity index (χ0) is 25.8. The van der Waals surface area contributed by atoms with E-state index in [0.29, 0.717) is 18.0 Å². The van der Waals surface area contributed by atoms with Gasteiger partial charge in [-0.05, 0) is 49.1 Å². The number of pyridine rings is 1. The van der Waals surface area contributed by atoms with Crippen LogP contribution in [-0.4, -0.2) is 41.1 Å². The van der Waals surface area contributed by atoms with E-state index in [2.05, 4.69) is 15.0 Å². The molecule has 1 atom stereocenters. The molecule has 0 spiro atoms. The van der Waals surface area contributed by atoms with E-state index < -0.39 is 40.9 Å². The fourth-order valence-electron chi connectivity index (χ4n) is 3.41. The summed E-state index contributed by atoms with van der Waals surface area (Å²) in [5, 5.41) is 0. The highest BCUT2D eigenvalue weighted by molar-refractivity contribution is 5.96. The average molecular weight is 499 g/mol. The Bertz CT molecular complexity index is 1060. The summed E-state index contributed by atoms with van der Waals surface area (Å²) in [6.45, 7) is 1.81. The van der Waals surface area contributed by atoms with Gasteiger partial charge in [-0.3, -0.25) is 4.79 Å². The molecule has 0 saturated heterocycles. The molecule has 0 aliphatic heterocycles. The Kier molecular flexibility index (Phi) is 7.81. The van der Waals surface area contributed by atoms with Crippen molar-refractivity contribution in [3.8, 4) is 0 Å². The van der Waals surface area contributed by atoms with Gasteiger partial charge < -0.3 is 10.6 Å². The quantitative estimate of drug-likeness (QED) is 0.318. The third-order valence-electron chi connectivity index (χ3n) is 5.32. The van der Waals surface area contributed by atoms with Gasteiger partial charge in [0.1, 0.15) is 5.84 Å². The number of hydrogen-bond acceptors (Lipinski definition) is 3. The number of aromatic nitrogens is 1. The van der Waals surface area contributed by atoms with Crippen molar-refractivity contribution in [3.05, 3.63) is 59.3 Å². The summed E-state index contributed by atoms with van der Waals surface area (Å²) >= 11 is 0. The predicted molar refractivity (Wildman–Crippen MR) is 118 cm³/mol. The lowest BCUT2D eigenvalue weighted by Crippen LogP contribution is -2.38. The molecule has 1 aromatic carbocycles. The van der Waals surface area contributed by atoms with Crippen molar-refractivity contribution >= 4 is 23.9 Å². The molecule has 0 radical (unpaired) electrons. The van der Waals surface area contributed by atoms with Gasteiger partial charge in [-0.2, -0.15) is 26.3 Å². The van der Waals surface area contributed by atoms with Crippen LogP contribution in [0.5, 0.6) is 0 Å². The Morgan fingerprint density at radius 1 is 1.14 bits per heavy atom. The zero-order valence-corrected chi connectivity index (χ0v) is 18.6. The highest BCUT2D eigenvalue weighted by atomic mass is 19.4. The van der Waals surface area contributed by atoms with E-state index in [1.807, 2.05) is 0 Å². The summed E-state index contributed by atoms with van der Waals surface area (Å²) in [6.07, 6.45) is -5.96. The first-order valence-electron chi connectivity index (χ1n) is 10.7. The van der Waals surface area contributed by atoms with Gasteiger partial charge in [0.05, 0.1) is 17.5 Å². The van der Waals surface area contributed by atoms with Crippen molar-refractivity contribution in [2.24, 2.45) is 27.6 Å². The monoisotopic (exact) mass is 499 g/mol. The Labute approximate surface area is 197 Å². The molecule has 2 N–H and O–H groups in total. The molecule has 1 saturated carbocycles. The number of aliphatic imine (C=N–C) groups is 2. The Balaban J connectivity index is 1.94. The number of amides is 1.